The number of aryl methyl sites for hydroxylation is 1. The van der Waals surface area contributed by atoms with E-state index in [1.807, 2.05) is 18.2 Å². The Morgan fingerprint density at radius 2 is 1.56 bits per heavy atom. The first-order valence-corrected chi connectivity index (χ1v) is 8.97. The maximum atomic E-state index is 2.46. The summed E-state index contributed by atoms with van der Waals surface area (Å²) in [6.45, 7) is 6.94. The summed E-state index contributed by atoms with van der Waals surface area (Å²) in [5.74, 6) is 1.04. The van der Waals surface area contributed by atoms with Gasteiger partial charge in [-0.2, -0.15) is 0 Å². The minimum atomic E-state index is 0.346. The van der Waals surface area contributed by atoms with Crippen molar-refractivity contribution in [2.45, 2.75) is 51.6 Å². The molecule has 1 fully saturated rings. The fourth-order valence-corrected chi connectivity index (χ4v) is 3.56. The molecule has 0 radical (unpaired) electrons. The highest BCUT2D eigenvalue weighted by atomic mass is 28.2. The Kier molecular flexibility index (Phi) is 6.47. The molecule has 0 atom stereocenters. The molecule has 90 valence electrons. The zero-order valence-corrected chi connectivity index (χ0v) is 12.5. The average molecular weight is 234 g/mol. The molecule has 1 saturated carbocycles. The Morgan fingerprint density at radius 3 is 1.94 bits per heavy atom. The van der Waals surface area contributed by atoms with Gasteiger partial charge in [0.05, 0.1) is 0 Å². The Balaban J connectivity index is 0.000000165. The second kappa shape index (κ2) is 7.67. The van der Waals surface area contributed by atoms with E-state index < -0.39 is 0 Å². The van der Waals surface area contributed by atoms with Gasteiger partial charge >= 0.3 is 0 Å². The molecule has 16 heavy (non-hydrogen) atoms. The normalized spacial score (nSPS) is 25.2. The largest absolute Gasteiger partial charge is 0.0746 e. The van der Waals surface area contributed by atoms with Crippen LogP contribution in [0, 0.1) is 12.8 Å². The van der Waals surface area contributed by atoms with Crippen molar-refractivity contribution < 1.29 is 0 Å². The molecule has 0 spiro atoms. The maximum Gasteiger partial charge on any atom is 0.0201 e. The highest BCUT2D eigenvalue weighted by Crippen LogP contribution is 2.31. The number of hydrogen-bond donors (Lipinski definition) is 0. The molecule has 0 heterocycles. The van der Waals surface area contributed by atoms with E-state index in [0.717, 1.165) is 5.92 Å². The molecule has 1 aromatic carbocycles. The lowest BCUT2D eigenvalue weighted by atomic mass is 9.90. The van der Waals surface area contributed by atoms with E-state index in [1.165, 1.54) is 23.9 Å². The summed E-state index contributed by atoms with van der Waals surface area (Å²) in [6, 6.07) is 10.3. The van der Waals surface area contributed by atoms with Gasteiger partial charge in [0.25, 0.3) is 0 Å². The van der Waals surface area contributed by atoms with Gasteiger partial charge in [-0.1, -0.05) is 80.6 Å². The topological polar surface area (TPSA) is 0 Å². The molecule has 0 saturated heterocycles. The predicted molar refractivity (Wildman–Crippen MR) is 77.0 cm³/mol. The van der Waals surface area contributed by atoms with E-state index in [9.17, 15) is 0 Å². The molecule has 1 aromatic rings. The zero-order valence-electron chi connectivity index (χ0n) is 11.1. The van der Waals surface area contributed by atoms with Crippen molar-refractivity contribution in [3.8, 4) is 0 Å². The third-order valence-corrected chi connectivity index (χ3v) is 5.62. The van der Waals surface area contributed by atoms with Crippen LogP contribution in [0.1, 0.15) is 38.2 Å². The Hall–Kier alpha value is -0.563. The van der Waals surface area contributed by atoms with Crippen molar-refractivity contribution >= 4 is 9.52 Å². The van der Waals surface area contributed by atoms with Gasteiger partial charge in [0.2, 0.25) is 0 Å². The lowest BCUT2D eigenvalue weighted by molar-refractivity contribution is 0.384. The molecule has 0 nitrogen and oxygen atoms in total. The fourth-order valence-electron chi connectivity index (χ4n) is 2.27. The molecule has 0 bridgehead atoms. The van der Waals surface area contributed by atoms with E-state index in [1.54, 1.807) is 12.8 Å². The molecular weight excluding hydrogens is 208 g/mol. The SMILES string of the molecule is C[SiH2]C1CCC(C)CC1.Cc1ccccc1. The third kappa shape index (κ3) is 5.50. The van der Waals surface area contributed by atoms with Crippen molar-refractivity contribution in [3.63, 3.8) is 0 Å². The standard InChI is InChI=1S/C8H18Si.C7H8/c1-7-3-5-8(9-2)6-4-7;1-7-5-3-2-4-6-7/h7-8H,3-6,9H2,1-2H3;2-6H,1H3. The van der Waals surface area contributed by atoms with Crippen LogP contribution in [-0.4, -0.2) is 9.52 Å². The minimum absolute atomic E-state index is 0.346. The van der Waals surface area contributed by atoms with Crippen molar-refractivity contribution in [2.24, 2.45) is 5.92 Å². The van der Waals surface area contributed by atoms with Gasteiger partial charge in [0.15, 0.2) is 0 Å². The zero-order chi connectivity index (χ0) is 11.8. The summed E-state index contributed by atoms with van der Waals surface area (Å²) in [4.78, 5) is 0. The third-order valence-electron chi connectivity index (χ3n) is 3.65. The molecule has 0 aromatic heterocycles. The lowest BCUT2D eigenvalue weighted by Crippen LogP contribution is -2.10. The first-order valence-electron chi connectivity index (χ1n) is 6.74. The van der Waals surface area contributed by atoms with Gasteiger partial charge in [-0.25, -0.2) is 0 Å². The molecule has 0 unspecified atom stereocenters. The van der Waals surface area contributed by atoms with Crippen LogP contribution in [0.25, 0.3) is 0 Å². The second-order valence-corrected chi connectivity index (χ2v) is 7.16. The van der Waals surface area contributed by atoms with Gasteiger partial charge in [-0.15, -0.1) is 0 Å². The summed E-state index contributed by atoms with van der Waals surface area (Å²) in [5, 5.41) is 0. The molecule has 1 aliphatic rings. The van der Waals surface area contributed by atoms with Crippen LogP contribution in [0.15, 0.2) is 30.3 Å². The smallest absolute Gasteiger partial charge is 0.0201 e. The fraction of sp³-hybridized carbons (Fsp3) is 0.600. The van der Waals surface area contributed by atoms with Crippen LogP contribution in [0.2, 0.25) is 12.1 Å². The molecule has 1 aliphatic carbocycles. The molecular formula is C15H26Si. The summed E-state index contributed by atoms with van der Waals surface area (Å²) >= 11 is 0. The van der Waals surface area contributed by atoms with Gasteiger partial charge < -0.3 is 0 Å². The number of hydrogen-bond acceptors (Lipinski definition) is 0. The average Bonchev–Trinajstić information content (AvgIpc) is 2.32. The molecule has 2 rings (SSSR count). The van der Waals surface area contributed by atoms with E-state index >= 15 is 0 Å². The number of benzene rings is 1. The first-order chi connectivity index (χ1) is 7.72. The quantitative estimate of drug-likeness (QED) is 0.639. The van der Waals surface area contributed by atoms with E-state index in [2.05, 4.69) is 32.5 Å². The highest BCUT2D eigenvalue weighted by Gasteiger charge is 2.15. The summed E-state index contributed by atoms with van der Waals surface area (Å²) < 4.78 is 0. The minimum Gasteiger partial charge on any atom is -0.0746 e. The van der Waals surface area contributed by atoms with Gasteiger partial charge in [-0.05, 0) is 12.8 Å². The Bertz CT molecular complexity index is 260. The number of rotatable bonds is 1. The van der Waals surface area contributed by atoms with Crippen LogP contribution in [0.4, 0.5) is 0 Å². The molecule has 0 amide bonds. The second-order valence-electron chi connectivity index (χ2n) is 5.19. The summed E-state index contributed by atoms with van der Waals surface area (Å²) in [7, 11) is 0.346. The van der Waals surface area contributed by atoms with Gasteiger partial charge in [-0.3, -0.25) is 0 Å². The van der Waals surface area contributed by atoms with Gasteiger partial charge in [0.1, 0.15) is 0 Å². The van der Waals surface area contributed by atoms with Crippen LogP contribution in [-0.2, 0) is 0 Å². The summed E-state index contributed by atoms with van der Waals surface area (Å²) in [6.07, 6.45) is 6.16. The Morgan fingerprint density at radius 1 is 1.00 bits per heavy atom. The van der Waals surface area contributed by atoms with Crippen LogP contribution in [0.5, 0.6) is 0 Å². The molecule has 0 N–H and O–H groups in total. The maximum absolute atomic E-state index is 2.46. The van der Waals surface area contributed by atoms with E-state index in [-0.39, 0.29) is 0 Å². The van der Waals surface area contributed by atoms with Crippen molar-refractivity contribution in [2.75, 3.05) is 0 Å². The molecule has 0 aliphatic heterocycles. The van der Waals surface area contributed by atoms with Crippen LogP contribution < -0.4 is 0 Å². The summed E-state index contributed by atoms with van der Waals surface area (Å²) in [5.41, 5.74) is 2.53. The highest BCUT2D eigenvalue weighted by molar-refractivity contribution is 6.35. The van der Waals surface area contributed by atoms with E-state index in [4.69, 9.17) is 0 Å². The molecule has 1 heteroatoms. The predicted octanol–water partition coefficient (Wildman–Crippen LogP) is 4.20. The van der Waals surface area contributed by atoms with Crippen LogP contribution >= 0.6 is 0 Å². The lowest BCUT2D eigenvalue weighted by Gasteiger charge is -2.24. The van der Waals surface area contributed by atoms with Crippen molar-refractivity contribution in [1.29, 1.82) is 0 Å². The van der Waals surface area contributed by atoms with Gasteiger partial charge in [0, 0.05) is 9.52 Å². The van der Waals surface area contributed by atoms with E-state index in [0.29, 0.717) is 9.52 Å². The van der Waals surface area contributed by atoms with Crippen molar-refractivity contribution in [1.82, 2.24) is 0 Å². The monoisotopic (exact) mass is 234 g/mol. The van der Waals surface area contributed by atoms with Crippen molar-refractivity contribution in [3.05, 3.63) is 35.9 Å². The Labute approximate surface area is 103 Å². The van der Waals surface area contributed by atoms with Crippen LogP contribution in [0.3, 0.4) is 0 Å². The first kappa shape index (κ1) is 13.5.